The number of sulfonamides is 1. The van der Waals surface area contributed by atoms with Gasteiger partial charge in [-0.15, -0.1) is 0 Å². The fourth-order valence-electron chi connectivity index (χ4n) is 5.30. The van der Waals surface area contributed by atoms with E-state index in [9.17, 15) is 18.3 Å². The maximum absolute atomic E-state index is 11.9. The Labute approximate surface area is 243 Å². The third-order valence-corrected chi connectivity index (χ3v) is 7.92. The highest BCUT2D eigenvalue weighted by Gasteiger charge is 2.42. The summed E-state index contributed by atoms with van der Waals surface area (Å²) in [4.78, 5) is 18.0. The number of nitrogens with zero attached hydrogens (tertiary/aromatic N) is 3. The highest BCUT2D eigenvalue weighted by atomic mass is 32.2. The van der Waals surface area contributed by atoms with Gasteiger partial charge in [0.15, 0.2) is 5.11 Å². The van der Waals surface area contributed by atoms with Crippen molar-refractivity contribution in [3.63, 3.8) is 0 Å². The summed E-state index contributed by atoms with van der Waals surface area (Å²) in [6, 6.07) is 19.1. The van der Waals surface area contributed by atoms with E-state index in [-0.39, 0.29) is 17.6 Å². The lowest BCUT2D eigenvalue weighted by atomic mass is 9.96. The summed E-state index contributed by atoms with van der Waals surface area (Å²) in [6.45, 7) is 4.01. The molecular formula is C29H29N5O5S2. The van der Waals surface area contributed by atoms with Gasteiger partial charge in [0.2, 0.25) is 10.0 Å². The number of methoxy groups -OCH3 is 1. The highest BCUT2D eigenvalue weighted by molar-refractivity contribution is 7.92. The number of carboxylic acids is 1. The number of benzene rings is 2. The molecule has 5 rings (SSSR count). The molecule has 12 heteroatoms. The van der Waals surface area contributed by atoms with Gasteiger partial charge in [0.25, 0.3) is 0 Å². The molecule has 0 aliphatic carbocycles. The molecule has 0 radical (unpaired) electrons. The predicted molar refractivity (Wildman–Crippen MR) is 162 cm³/mol. The Morgan fingerprint density at radius 1 is 1.07 bits per heavy atom. The standard InChI is InChI=1S/C29H29N5O5S2/c1-17-15-22(18(2)33(17)20-10-8-19(9-11-20)28(35)36)27-26(24-7-5-6-14-30-24)31-29(40)34(27)21-12-13-23(25(16-21)39-3)32-41(4,37)38/h5-16,26-27,32H,1-4H3,(H,31,40)(H,35,36)/t26-,27-/m0/s1. The number of pyridine rings is 1. The topological polar surface area (TPSA) is 126 Å². The number of hydrogen-bond donors (Lipinski definition) is 3. The third kappa shape index (κ3) is 5.48. The zero-order valence-electron chi connectivity index (χ0n) is 22.8. The SMILES string of the molecule is COc1cc(N2C(=S)N[C@@H](c3ccccn3)[C@@H]2c2cc(C)n(-c3ccc(C(=O)O)cc3)c2C)ccc1NS(C)(=O)=O. The summed E-state index contributed by atoms with van der Waals surface area (Å²) < 4.78 is 33.9. The lowest BCUT2D eigenvalue weighted by molar-refractivity contribution is 0.0697. The van der Waals surface area contributed by atoms with E-state index in [0.717, 1.165) is 34.6 Å². The molecule has 3 heterocycles. The second-order valence-corrected chi connectivity index (χ2v) is 11.9. The Bertz CT molecular complexity index is 1740. The lowest BCUT2D eigenvalue weighted by Gasteiger charge is -2.29. The molecule has 2 aromatic carbocycles. The third-order valence-electron chi connectivity index (χ3n) is 7.02. The number of rotatable bonds is 8. The number of hydrogen-bond acceptors (Lipinski definition) is 6. The van der Waals surface area contributed by atoms with Crippen molar-refractivity contribution in [3.05, 3.63) is 101 Å². The smallest absolute Gasteiger partial charge is 0.335 e. The molecule has 4 aromatic rings. The van der Waals surface area contributed by atoms with Crippen LogP contribution in [0.5, 0.6) is 5.75 Å². The first-order chi connectivity index (χ1) is 19.5. The Balaban J connectivity index is 1.65. The molecule has 1 aliphatic heterocycles. The number of carbonyl (C=O) groups is 1. The van der Waals surface area contributed by atoms with Gasteiger partial charge in [-0.05, 0) is 86.2 Å². The van der Waals surface area contributed by atoms with Crippen LogP contribution in [0, 0.1) is 13.8 Å². The molecule has 1 fully saturated rings. The van der Waals surface area contributed by atoms with Crippen molar-refractivity contribution in [1.82, 2.24) is 14.9 Å². The van der Waals surface area contributed by atoms with E-state index in [0.29, 0.717) is 22.2 Å². The van der Waals surface area contributed by atoms with Gasteiger partial charge in [-0.1, -0.05) is 6.07 Å². The minimum absolute atomic E-state index is 0.214. The quantitative estimate of drug-likeness (QED) is 0.249. The van der Waals surface area contributed by atoms with Crippen molar-refractivity contribution in [3.8, 4) is 11.4 Å². The molecule has 3 N–H and O–H groups in total. The number of nitrogens with one attached hydrogen (secondary N) is 2. The molecule has 0 unspecified atom stereocenters. The molecule has 10 nitrogen and oxygen atoms in total. The van der Waals surface area contributed by atoms with Gasteiger partial charge in [0, 0.05) is 35.0 Å². The Kier molecular flexibility index (Phi) is 7.45. The summed E-state index contributed by atoms with van der Waals surface area (Å²) in [5.41, 5.74) is 5.79. The maximum atomic E-state index is 11.9. The van der Waals surface area contributed by atoms with E-state index in [1.54, 1.807) is 48.7 Å². The number of thiocarbonyl (C=S) groups is 1. The van der Waals surface area contributed by atoms with Gasteiger partial charge in [-0.3, -0.25) is 9.71 Å². The molecule has 2 aromatic heterocycles. The van der Waals surface area contributed by atoms with Gasteiger partial charge in [-0.25, -0.2) is 13.2 Å². The van der Waals surface area contributed by atoms with Crippen LogP contribution in [0.4, 0.5) is 11.4 Å². The zero-order chi connectivity index (χ0) is 29.5. The highest BCUT2D eigenvalue weighted by Crippen LogP contribution is 2.45. The number of ether oxygens (including phenoxy) is 1. The average Bonchev–Trinajstić information content (AvgIpc) is 3.43. The molecule has 1 aliphatic rings. The van der Waals surface area contributed by atoms with Crippen molar-refractivity contribution < 1.29 is 23.1 Å². The molecule has 0 amide bonds. The summed E-state index contributed by atoms with van der Waals surface area (Å²) in [5, 5.41) is 13.3. The van der Waals surface area contributed by atoms with Crippen LogP contribution < -0.4 is 19.7 Å². The van der Waals surface area contributed by atoms with Gasteiger partial charge in [-0.2, -0.15) is 0 Å². The van der Waals surface area contributed by atoms with Crippen molar-refractivity contribution in [2.45, 2.75) is 25.9 Å². The fourth-order valence-corrected chi connectivity index (χ4v) is 6.21. The van der Waals surface area contributed by atoms with Crippen LogP contribution in [-0.2, 0) is 10.0 Å². The first-order valence-corrected chi connectivity index (χ1v) is 15.0. The number of aromatic carboxylic acids is 1. The van der Waals surface area contributed by atoms with Crippen LogP contribution in [0.25, 0.3) is 5.69 Å². The summed E-state index contributed by atoms with van der Waals surface area (Å²) in [6.07, 6.45) is 2.82. The van der Waals surface area contributed by atoms with Gasteiger partial charge in [0.1, 0.15) is 5.75 Å². The summed E-state index contributed by atoms with van der Waals surface area (Å²) in [5.74, 6) is -0.634. The maximum Gasteiger partial charge on any atom is 0.335 e. The average molecular weight is 592 g/mol. The minimum Gasteiger partial charge on any atom is -0.494 e. The molecule has 0 spiro atoms. The van der Waals surface area contributed by atoms with E-state index >= 15 is 0 Å². The van der Waals surface area contributed by atoms with Crippen LogP contribution in [-0.4, -0.2) is 47.5 Å². The van der Waals surface area contributed by atoms with Crippen LogP contribution >= 0.6 is 12.2 Å². The molecule has 2 atom stereocenters. The van der Waals surface area contributed by atoms with Crippen molar-refractivity contribution in [2.75, 3.05) is 23.0 Å². The van der Waals surface area contributed by atoms with E-state index in [4.69, 9.17) is 17.0 Å². The first kappa shape index (κ1) is 28.1. The Hall–Kier alpha value is -4.42. The van der Waals surface area contributed by atoms with Crippen molar-refractivity contribution >= 4 is 44.7 Å². The summed E-state index contributed by atoms with van der Waals surface area (Å²) in [7, 11) is -2.04. The van der Waals surface area contributed by atoms with Crippen molar-refractivity contribution in [1.29, 1.82) is 0 Å². The molecular weight excluding hydrogens is 562 g/mol. The minimum atomic E-state index is -3.52. The summed E-state index contributed by atoms with van der Waals surface area (Å²) >= 11 is 5.86. The normalized spacial score (nSPS) is 16.9. The first-order valence-electron chi connectivity index (χ1n) is 12.7. The van der Waals surface area contributed by atoms with Crippen LogP contribution in [0.3, 0.4) is 0 Å². The molecule has 212 valence electrons. The van der Waals surface area contributed by atoms with Crippen LogP contribution in [0.2, 0.25) is 0 Å². The van der Waals surface area contributed by atoms with Gasteiger partial charge >= 0.3 is 5.97 Å². The number of anilines is 2. The fraction of sp³-hybridized carbons (Fsp3) is 0.207. The van der Waals surface area contributed by atoms with Crippen molar-refractivity contribution in [2.24, 2.45) is 0 Å². The van der Waals surface area contributed by atoms with E-state index in [2.05, 4.69) is 25.7 Å². The molecule has 41 heavy (non-hydrogen) atoms. The second kappa shape index (κ2) is 10.9. The Morgan fingerprint density at radius 3 is 2.39 bits per heavy atom. The second-order valence-electron chi connectivity index (χ2n) is 9.77. The van der Waals surface area contributed by atoms with E-state index < -0.39 is 16.0 Å². The number of aryl methyl sites for hydroxylation is 1. The number of aromatic nitrogens is 2. The Morgan fingerprint density at radius 2 is 1.78 bits per heavy atom. The molecule has 0 bridgehead atoms. The monoisotopic (exact) mass is 591 g/mol. The van der Waals surface area contributed by atoms with Crippen LogP contribution in [0.1, 0.15) is 45.1 Å². The van der Waals surface area contributed by atoms with E-state index in [1.807, 2.05) is 36.9 Å². The molecule has 0 saturated carbocycles. The molecule has 1 saturated heterocycles. The van der Waals surface area contributed by atoms with Gasteiger partial charge in [0.05, 0.1) is 42.4 Å². The van der Waals surface area contributed by atoms with Crippen LogP contribution in [0.15, 0.2) is 72.9 Å². The van der Waals surface area contributed by atoms with E-state index in [1.165, 1.54) is 7.11 Å². The van der Waals surface area contributed by atoms with Gasteiger partial charge < -0.3 is 24.6 Å². The zero-order valence-corrected chi connectivity index (χ0v) is 24.5. The lowest BCUT2D eigenvalue weighted by Crippen LogP contribution is -2.29. The largest absolute Gasteiger partial charge is 0.494 e. The predicted octanol–water partition coefficient (Wildman–Crippen LogP) is 4.74. The number of carboxylic acid groups (broad SMARTS) is 1.